The Kier molecular flexibility index (Phi) is 7.11. The Morgan fingerprint density at radius 1 is 0.364 bits per heavy atom. The van der Waals surface area contributed by atoms with Crippen molar-refractivity contribution in [3.63, 3.8) is 0 Å². The fourth-order valence-corrected chi connectivity index (χ4v) is 9.13. The molecule has 0 amide bonds. The van der Waals surface area contributed by atoms with Crippen LogP contribution < -0.4 is 4.90 Å². The topological polar surface area (TPSA) is 16.4 Å². The Morgan fingerprint density at radius 2 is 0.909 bits per heavy atom. The van der Waals surface area contributed by atoms with Gasteiger partial charge in [-0.05, 0) is 110 Å². The van der Waals surface area contributed by atoms with E-state index >= 15 is 0 Å². The van der Waals surface area contributed by atoms with Crippen LogP contribution in [-0.4, -0.2) is 0 Å². The monoisotopic (exact) mass is 701 g/mol. The molecule has 0 fully saturated rings. The van der Waals surface area contributed by atoms with Crippen molar-refractivity contribution in [1.29, 1.82) is 0 Å². The summed E-state index contributed by atoms with van der Waals surface area (Å²) in [6.45, 7) is 0. The first-order valence-electron chi connectivity index (χ1n) is 18.9. The van der Waals surface area contributed by atoms with Gasteiger partial charge in [0.1, 0.15) is 11.2 Å². The highest BCUT2D eigenvalue weighted by atomic mass is 16.3. The third-order valence-electron chi connectivity index (χ3n) is 11.5. The van der Waals surface area contributed by atoms with Crippen LogP contribution in [0.15, 0.2) is 217 Å². The van der Waals surface area contributed by atoms with Gasteiger partial charge in [-0.3, -0.25) is 0 Å². The normalized spacial score (nSPS) is 12.9. The molecule has 1 aliphatic carbocycles. The molecule has 0 aliphatic heterocycles. The van der Waals surface area contributed by atoms with Crippen LogP contribution in [0.3, 0.4) is 0 Å². The van der Waals surface area contributed by atoms with Gasteiger partial charge in [-0.2, -0.15) is 0 Å². The van der Waals surface area contributed by atoms with Crippen LogP contribution in [0.1, 0.15) is 22.3 Å². The van der Waals surface area contributed by atoms with Gasteiger partial charge in [-0.1, -0.05) is 158 Å². The third-order valence-corrected chi connectivity index (χ3v) is 11.5. The van der Waals surface area contributed by atoms with Crippen LogP contribution in [0.5, 0.6) is 0 Å². The Morgan fingerprint density at radius 3 is 1.62 bits per heavy atom. The van der Waals surface area contributed by atoms with E-state index in [1.165, 1.54) is 60.7 Å². The molecule has 0 spiro atoms. The average molecular weight is 702 g/mol. The molecule has 0 saturated carbocycles. The minimum atomic E-state index is -0.428. The fraction of sp³-hybridized carbons (Fsp3) is 0.0189. The smallest absolute Gasteiger partial charge is 0.136 e. The largest absolute Gasteiger partial charge is 0.456 e. The number of para-hydroxylation sites is 2. The zero-order valence-corrected chi connectivity index (χ0v) is 30.1. The molecular formula is C53H35NO. The van der Waals surface area contributed by atoms with Crippen LogP contribution in [-0.2, 0) is 5.41 Å². The van der Waals surface area contributed by atoms with E-state index in [2.05, 4.69) is 205 Å². The molecule has 55 heavy (non-hydrogen) atoms. The lowest BCUT2D eigenvalue weighted by Crippen LogP contribution is -2.28. The lowest BCUT2D eigenvalue weighted by atomic mass is 9.68. The van der Waals surface area contributed by atoms with E-state index in [-0.39, 0.29) is 0 Å². The van der Waals surface area contributed by atoms with E-state index in [0.29, 0.717) is 0 Å². The molecule has 1 aromatic heterocycles. The summed E-state index contributed by atoms with van der Waals surface area (Å²) in [5, 5.41) is 4.74. The zero-order valence-electron chi connectivity index (χ0n) is 30.1. The maximum atomic E-state index is 6.16. The van der Waals surface area contributed by atoms with Crippen LogP contribution in [0.2, 0.25) is 0 Å². The van der Waals surface area contributed by atoms with E-state index in [9.17, 15) is 0 Å². The van der Waals surface area contributed by atoms with Gasteiger partial charge in [-0.25, -0.2) is 0 Å². The quantitative estimate of drug-likeness (QED) is 0.172. The first-order chi connectivity index (χ1) is 27.3. The highest BCUT2D eigenvalue weighted by Crippen LogP contribution is 2.56. The maximum Gasteiger partial charge on any atom is 0.136 e. The van der Waals surface area contributed by atoms with E-state index in [0.717, 1.165) is 33.6 Å². The standard InChI is InChI=1S/C53H35NO/c1-3-13-39(14-4-1)53(48-20-10-7-17-45(48)46-18-8-11-21-49(46)53)40-27-31-43(32-28-40)54(41-15-5-2-6-16-41)42-29-23-36(24-30-42)37-25-33-44-38(35-37)26-34-51-52(44)47-19-9-12-22-50(47)55-51/h1-35H. The van der Waals surface area contributed by atoms with Crippen molar-refractivity contribution in [2.45, 2.75) is 5.41 Å². The Hall–Kier alpha value is -7.16. The lowest BCUT2D eigenvalue weighted by Gasteiger charge is -2.34. The second-order valence-electron chi connectivity index (χ2n) is 14.4. The molecule has 1 aliphatic rings. The van der Waals surface area contributed by atoms with Crippen molar-refractivity contribution in [3.8, 4) is 22.3 Å². The van der Waals surface area contributed by atoms with Gasteiger partial charge in [0.2, 0.25) is 0 Å². The summed E-state index contributed by atoms with van der Waals surface area (Å²) in [7, 11) is 0. The number of rotatable bonds is 6. The second kappa shape index (κ2) is 12.5. The molecule has 0 atom stereocenters. The van der Waals surface area contributed by atoms with Crippen molar-refractivity contribution in [3.05, 3.63) is 235 Å². The molecule has 9 aromatic carbocycles. The van der Waals surface area contributed by atoms with Gasteiger partial charge >= 0.3 is 0 Å². The van der Waals surface area contributed by atoms with Crippen LogP contribution in [0.25, 0.3) is 55.0 Å². The van der Waals surface area contributed by atoms with Crippen molar-refractivity contribution in [2.24, 2.45) is 0 Å². The summed E-state index contributed by atoms with van der Waals surface area (Å²) >= 11 is 0. The number of hydrogen-bond acceptors (Lipinski definition) is 2. The number of hydrogen-bond donors (Lipinski definition) is 0. The predicted molar refractivity (Wildman–Crippen MR) is 229 cm³/mol. The van der Waals surface area contributed by atoms with Gasteiger partial charge in [0.05, 0.1) is 5.41 Å². The number of furan rings is 1. The van der Waals surface area contributed by atoms with Crippen molar-refractivity contribution < 1.29 is 4.42 Å². The van der Waals surface area contributed by atoms with E-state index in [1.807, 2.05) is 12.1 Å². The Balaban J connectivity index is 0.996. The van der Waals surface area contributed by atoms with Crippen molar-refractivity contribution >= 4 is 49.8 Å². The summed E-state index contributed by atoms with van der Waals surface area (Å²) < 4.78 is 6.16. The number of benzene rings is 9. The minimum absolute atomic E-state index is 0.428. The molecule has 0 radical (unpaired) electrons. The van der Waals surface area contributed by atoms with Crippen molar-refractivity contribution in [2.75, 3.05) is 4.90 Å². The minimum Gasteiger partial charge on any atom is -0.456 e. The molecule has 0 bridgehead atoms. The Bertz CT molecular complexity index is 2970. The summed E-state index contributed by atoms with van der Waals surface area (Å²) in [4.78, 5) is 2.35. The third kappa shape index (κ3) is 4.82. The molecule has 2 heteroatoms. The molecule has 10 aromatic rings. The van der Waals surface area contributed by atoms with Crippen LogP contribution >= 0.6 is 0 Å². The van der Waals surface area contributed by atoms with Crippen LogP contribution in [0.4, 0.5) is 17.1 Å². The van der Waals surface area contributed by atoms with Gasteiger partial charge in [0.15, 0.2) is 0 Å². The lowest BCUT2D eigenvalue weighted by molar-refractivity contribution is 0.669. The molecule has 2 nitrogen and oxygen atoms in total. The van der Waals surface area contributed by atoms with Gasteiger partial charge < -0.3 is 9.32 Å². The number of nitrogens with zero attached hydrogens (tertiary/aromatic N) is 1. The molecule has 11 rings (SSSR count). The molecule has 258 valence electrons. The zero-order chi connectivity index (χ0) is 36.3. The van der Waals surface area contributed by atoms with Gasteiger partial charge in [-0.15, -0.1) is 0 Å². The highest BCUT2D eigenvalue weighted by Gasteiger charge is 2.45. The van der Waals surface area contributed by atoms with E-state index < -0.39 is 5.41 Å². The van der Waals surface area contributed by atoms with E-state index in [1.54, 1.807) is 0 Å². The first kappa shape index (κ1) is 31.4. The summed E-state index contributed by atoms with van der Waals surface area (Å²) in [5.41, 5.74) is 14.9. The average Bonchev–Trinajstić information content (AvgIpc) is 3.79. The SMILES string of the molecule is c1ccc(N(c2ccc(-c3ccc4c(ccc5oc6ccccc6c54)c3)cc2)c2ccc(C3(c4ccccc4)c4ccccc4-c4ccccc43)cc2)cc1. The van der Waals surface area contributed by atoms with Gasteiger partial charge in [0, 0.05) is 27.8 Å². The maximum absolute atomic E-state index is 6.16. The molecule has 0 unspecified atom stereocenters. The van der Waals surface area contributed by atoms with Crippen LogP contribution in [0, 0.1) is 0 Å². The van der Waals surface area contributed by atoms with Gasteiger partial charge in [0.25, 0.3) is 0 Å². The summed E-state index contributed by atoms with van der Waals surface area (Å²) in [6, 6.07) is 77.0. The molecular weight excluding hydrogens is 667 g/mol. The van der Waals surface area contributed by atoms with Crippen molar-refractivity contribution in [1.82, 2.24) is 0 Å². The summed E-state index contributed by atoms with van der Waals surface area (Å²) in [6.07, 6.45) is 0. The van der Waals surface area contributed by atoms with E-state index in [4.69, 9.17) is 4.42 Å². The molecule has 0 N–H and O–H groups in total. The summed E-state index contributed by atoms with van der Waals surface area (Å²) in [5.74, 6) is 0. The molecule has 1 heterocycles. The second-order valence-corrected chi connectivity index (χ2v) is 14.4. The molecule has 0 saturated heterocycles. The number of fused-ring (bicyclic) bond motifs is 8. The Labute approximate surface area is 320 Å². The predicted octanol–water partition coefficient (Wildman–Crippen LogP) is 14.2. The highest BCUT2D eigenvalue weighted by molar-refractivity contribution is 6.19. The fourth-order valence-electron chi connectivity index (χ4n) is 9.13. The first-order valence-corrected chi connectivity index (χ1v) is 18.9. The number of anilines is 3.